The third kappa shape index (κ3) is 6.79. The number of nitrogens with one attached hydrogen (secondary N) is 1. The number of hydrogen-bond acceptors (Lipinski definition) is 7. The maximum Gasteiger partial charge on any atom is 0.257 e. The highest BCUT2D eigenvalue weighted by molar-refractivity contribution is 8.01. The number of thioether (sulfide) groups is 1. The van der Waals surface area contributed by atoms with Gasteiger partial charge in [0.15, 0.2) is 33.9 Å². The lowest BCUT2D eigenvalue weighted by Gasteiger charge is -2.36. The van der Waals surface area contributed by atoms with Gasteiger partial charge in [0.1, 0.15) is 5.56 Å². The van der Waals surface area contributed by atoms with Gasteiger partial charge < -0.3 is 19.9 Å². The molecule has 1 aromatic heterocycles. The first-order chi connectivity index (χ1) is 22.2. The summed E-state index contributed by atoms with van der Waals surface area (Å²) in [6, 6.07) is 22.1. The van der Waals surface area contributed by atoms with Crippen LogP contribution in [-0.4, -0.2) is 27.9 Å². The fourth-order valence-electron chi connectivity index (χ4n) is 4.97. The van der Waals surface area contributed by atoms with E-state index in [-0.39, 0.29) is 25.4 Å². The monoisotopic (exact) mass is 672 g/mol. The Morgan fingerprint density at radius 2 is 1.48 bits per heavy atom. The van der Waals surface area contributed by atoms with Gasteiger partial charge >= 0.3 is 0 Å². The Bertz CT molecular complexity index is 1810. The zero-order valence-corrected chi connectivity index (χ0v) is 25.4. The maximum absolute atomic E-state index is 14.0. The molecule has 1 amide bonds. The fourth-order valence-corrected chi connectivity index (χ4v) is 7.08. The van der Waals surface area contributed by atoms with Crippen LogP contribution >= 0.6 is 23.1 Å². The van der Waals surface area contributed by atoms with Gasteiger partial charge in [-0.3, -0.25) is 4.79 Å². The highest BCUT2D eigenvalue weighted by atomic mass is 32.2. The number of halogens is 5. The molecule has 6 nitrogen and oxygen atoms in total. The number of aromatic nitrogens is 1. The van der Waals surface area contributed by atoms with Crippen molar-refractivity contribution in [3.63, 3.8) is 0 Å². The van der Waals surface area contributed by atoms with Crippen molar-refractivity contribution in [3.05, 3.63) is 130 Å². The fraction of sp³-hybridized carbons (Fsp3) is 0.212. The molecule has 6 rings (SSSR count). The van der Waals surface area contributed by atoms with E-state index in [0.717, 1.165) is 25.7 Å². The number of nitrogens with zero attached hydrogens (tertiary/aromatic N) is 1. The Kier molecular flexibility index (Phi) is 9.66. The van der Waals surface area contributed by atoms with E-state index in [1.165, 1.54) is 0 Å². The normalized spacial score (nSPS) is 18.2. The van der Waals surface area contributed by atoms with Crippen molar-refractivity contribution in [2.45, 2.75) is 42.4 Å². The predicted octanol–water partition coefficient (Wildman–Crippen LogP) is 7.75. The topological polar surface area (TPSA) is 80.7 Å². The van der Waals surface area contributed by atoms with Crippen LogP contribution in [0.4, 0.5) is 22.0 Å². The van der Waals surface area contributed by atoms with Crippen LogP contribution in [0.15, 0.2) is 77.1 Å². The molecule has 2 heterocycles. The molecule has 3 atom stereocenters. The van der Waals surface area contributed by atoms with Crippen molar-refractivity contribution in [3.8, 4) is 0 Å². The van der Waals surface area contributed by atoms with Crippen molar-refractivity contribution in [2.24, 2.45) is 0 Å². The van der Waals surface area contributed by atoms with Gasteiger partial charge in [0.25, 0.3) is 5.91 Å². The molecule has 0 spiro atoms. The minimum Gasteiger partial charge on any atom is -0.392 e. The van der Waals surface area contributed by atoms with Gasteiger partial charge in [-0.25, -0.2) is 26.9 Å². The summed E-state index contributed by atoms with van der Waals surface area (Å²) in [6.45, 7) is -0.320. The quantitative estimate of drug-likeness (QED) is 0.0722. The van der Waals surface area contributed by atoms with E-state index in [4.69, 9.17) is 14.5 Å². The summed E-state index contributed by atoms with van der Waals surface area (Å²) in [5, 5.41) is 11.6. The number of benzene rings is 4. The van der Waals surface area contributed by atoms with Crippen molar-refractivity contribution >= 4 is 39.2 Å². The molecule has 13 heteroatoms. The number of aliphatic hydroxyl groups is 1. The number of amides is 1. The van der Waals surface area contributed by atoms with Crippen LogP contribution < -0.4 is 5.32 Å². The molecule has 0 unspecified atom stereocenters. The van der Waals surface area contributed by atoms with Gasteiger partial charge in [0.2, 0.25) is 5.82 Å². The molecule has 1 aliphatic rings. The minimum atomic E-state index is -2.34. The van der Waals surface area contributed by atoms with Gasteiger partial charge in [-0.15, -0.1) is 11.3 Å². The second-order valence-corrected chi connectivity index (χ2v) is 12.8. The number of para-hydroxylation sites is 1. The molecule has 5 aromatic rings. The third-order valence-corrected chi connectivity index (χ3v) is 9.74. The van der Waals surface area contributed by atoms with Crippen LogP contribution in [0.3, 0.4) is 0 Å². The lowest BCUT2D eigenvalue weighted by atomic mass is 10.0. The Balaban J connectivity index is 1.16. The van der Waals surface area contributed by atoms with Crippen molar-refractivity contribution < 1.29 is 41.3 Å². The Hall–Kier alpha value is -3.88. The molecule has 238 valence electrons. The number of thiazole rings is 1. The SMILES string of the molecule is O=C(NCc1ccc([C@H]2O[C@@H](CSc3nc4ccccc4s3)C[C@@H](c3ccc(CO)cc3)O2)cc1)c1c(F)c(F)c(F)c(F)c1F. The number of fused-ring (bicyclic) bond motifs is 1. The van der Waals surface area contributed by atoms with E-state index >= 15 is 0 Å². The van der Waals surface area contributed by atoms with Crippen LogP contribution in [0.1, 0.15) is 51.4 Å². The Labute approximate surface area is 268 Å². The van der Waals surface area contributed by atoms with Crippen LogP contribution in [-0.2, 0) is 22.6 Å². The average molecular weight is 673 g/mol. The number of hydrogen-bond donors (Lipinski definition) is 2. The van der Waals surface area contributed by atoms with E-state index < -0.39 is 46.8 Å². The zero-order chi connectivity index (χ0) is 32.4. The summed E-state index contributed by atoms with van der Waals surface area (Å²) >= 11 is 3.21. The molecule has 0 bridgehead atoms. The molecule has 1 fully saturated rings. The molecule has 1 aliphatic heterocycles. The average Bonchev–Trinajstić information content (AvgIpc) is 3.51. The third-order valence-electron chi connectivity index (χ3n) is 7.42. The van der Waals surface area contributed by atoms with Gasteiger partial charge in [-0.1, -0.05) is 72.4 Å². The highest BCUT2D eigenvalue weighted by Crippen LogP contribution is 2.40. The van der Waals surface area contributed by atoms with Crippen LogP contribution in [0.5, 0.6) is 0 Å². The van der Waals surface area contributed by atoms with Gasteiger partial charge in [0.05, 0.1) is 29.0 Å². The largest absolute Gasteiger partial charge is 0.392 e. The minimum absolute atomic E-state index is 0.0761. The summed E-state index contributed by atoms with van der Waals surface area (Å²) < 4.78 is 83.2. The first-order valence-corrected chi connectivity index (χ1v) is 15.9. The lowest BCUT2D eigenvalue weighted by molar-refractivity contribution is -0.245. The lowest BCUT2D eigenvalue weighted by Crippen LogP contribution is -2.31. The van der Waals surface area contributed by atoms with Gasteiger partial charge in [-0.2, -0.15) is 0 Å². The number of aliphatic hydroxyl groups excluding tert-OH is 1. The van der Waals surface area contributed by atoms with E-state index in [0.29, 0.717) is 23.3 Å². The van der Waals surface area contributed by atoms with Crippen molar-refractivity contribution in [1.29, 1.82) is 0 Å². The molecule has 4 aromatic carbocycles. The Morgan fingerprint density at radius 1 is 0.848 bits per heavy atom. The molecule has 0 aliphatic carbocycles. The number of ether oxygens (including phenoxy) is 2. The number of carbonyl (C=O) groups is 1. The summed E-state index contributed by atoms with van der Waals surface area (Å²) in [6.07, 6.45) is -0.699. The van der Waals surface area contributed by atoms with Gasteiger partial charge in [-0.05, 0) is 28.8 Å². The summed E-state index contributed by atoms with van der Waals surface area (Å²) in [4.78, 5) is 17.0. The molecular formula is C33H25F5N2O4S2. The second-order valence-electron chi connectivity index (χ2n) is 10.5. The number of carbonyl (C=O) groups excluding carboxylic acids is 1. The number of rotatable bonds is 9. The van der Waals surface area contributed by atoms with Gasteiger partial charge in [0, 0.05) is 24.3 Å². The van der Waals surface area contributed by atoms with Crippen molar-refractivity contribution in [1.82, 2.24) is 10.3 Å². The molecule has 0 radical (unpaired) electrons. The molecule has 0 saturated carbocycles. The summed E-state index contributed by atoms with van der Waals surface area (Å²) in [7, 11) is 0. The van der Waals surface area contributed by atoms with E-state index in [2.05, 4.69) is 5.32 Å². The van der Waals surface area contributed by atoms with Crippen LogP contribution in [0.25, 0.3) is 10.2 Å². The van der Waals surface area contributed by atoms with Crippen LogP contribution in [0, 0.1) is 29.1 Å². The van der Waals surface area contributed by atoms with E-state index in [9.17, 15) is 31.9 Å². The zero-order valence-electron chi connectivity index (χ0n) is 23.8. The highest BCUT2D eigenvalue weighted by Gasteiger charge is 2.33. The summed E-state index contributed by atoms with van der Waals surface area (Å²) in [5.41, 5.74) is 2.25. The molecule has 2 N–H and O–H groups in total. The first-order valence-electron chi connectivity index (χ1n) is 14.1. The van der Waals surface area contributed by atoms with Crippen molar-refractivity contribution in [2.75, 3.05) is 5.75 Å². The molecule has 1 saturated heterocycles. The Morgan fingerprint density at radius 3 is 2.15 bits per heavy atom. The smallest absolute Gasteiger partial charge is 0.257 e. The molecular weight excluding hydrogens is 647 g/mol. The molecule has 46 heavy (non-hydrogen) atoms. The van der Waals surface area contributed by atoms with E-state index in [1.807, 2.05) is 48.5 Å². The standard InChI is InChI=1S/C33H25F5N2O4S2/c34-26-25(27(35)29(37)30(38)28(26)36)31(42)39-14-17-5-11-20(12-6-17)32-43-21(13-23(44-32)19-9-7-18(15-41)8-10-19)16-45-33-40-22-3-1-2-4-24(22)46-33/h1-12,21,23,32,41H,13-16H2,(H,39,42)/t21-,23+,32+/m1/s1. The predicted molar refractivity (Wildman–Crippen MR) is 163 cm³/mol. The van der Waals surface area contributed by atoms with E-state index in [1.54, 1.807) is 47.4 Å². The second kappa shape index (κ2) is 13.9. The first kappa shape index (κ1) is 32.1. The summed E-state index contributed by atoms with van der Waals surface area (Å²) in [5.74, 6) is -12.0. The van der Waals surface area contributed by atoms with Crippen LogP contribution in [0.2, 0.25) is 0 Å². The maximum atomic E-state index is 14.0.